The van der Waals surface area contributed by atoms with Gasteiger partial charge in [0, 0.05) is 31.2 Å². The zero-order valence-corrected chi connectivity index (χ0v) is 19.8. The Bertz CT molecular complexity index is 1060. The second kappa shape index (κ2) is 9.24. The molecule has 0 spiro atoms. The molecule has 0 aromatic heterocycles. The Kier molecular flexibility index (Phi) is 6.58. The van der Waals surface area contributed by atoms with Crippen LogP contribution in [-0.4, -0.2) is 49.8 Å². The zero-order chi connectivity index (χ0) is 22.9. The fourth-order valence-electron chi connectivity index (χ4n) is 4.65. The Balaban J connectivity index is 1.65. The van der Waals surface area contributed by atoms with Crippen molar-refractivity contribution in [2.24, 2.45) is 11.8 Å². The van der Waals surface area contributed by atoms with Crippen molar-refractivity contribution < 1.29 is 17.9 Å². The first-order chi connectivity index (χ1) is 15.3. The summed E-state index contributed by atoms with van der Waals surface area (Å²) >= 11 is 0. The number of hydrogen-bond acceptors (Lipinski definition) is 4. The highest BCUT2D eigenvalue weighted by Gasteiger charge is 2.36. The van der Waals surface area contributed by atoms with Crippen LogP contribution in [-0.2, 0) is 16.6 Å². The Morgan fingerprint density at radius 2 is 1.72 bits per heavy atom. The van der Waals surface area contributed by atoms with E-state index in [4.69, 9.17) is 4.74 Å². The van der Waals surface area contributed by atoms with Crippen LogP contribution in [0.1, 0.15) is 49.0 Å². The molecular formula is C25H32N2O4S. The average molecular weight is 457 g/mol. The Morgan fingerprint density at radius 3 is 2.31 bits per heavy atom. The van der Waals surface area contributed by atoms with Gasteiger partial charge in [0.05, 0.1) is 7.11 Å². The number of methoxy groups -OCH3 is 1. The second-order valence-electron chi connectivity index (χ2n) is 9.28. The van der Waals surface area contributed by atoms with Gasteiger partial charge in [-0.25, -0.2) is 8.42 Å². The van der Waals surface area contributed by atoms with E-state index in [-0.39, 0.29) is 22.6 Å². The average Bonchev–Trinajstić information content (AvgIpc) is 3.62. The molecule has 7 heteroatoms. The lowest BCUT2D eigenvalue weighted by atomic mass is 9.94. The SMILES string of the molecule is COc1ccc(C(=O)N(Cc2ccccc2)C2CC2)cc1S(=O)(=O)N1C[C@H](C)C[C@@H](C)C1. The van der Waals surface area contributed by atoms with Gasteiger partial charge >= 0.3 is 0 Å². The molecule has 2 aromatic rings. The van der Waals surface area contributed by atoms with Gasteiger partial charge in [0.2, 0.25) is 10.0 Å². The van der Waals surface area contributed by atoms with Crippen molar-refractivity contribution >= 4 is 15.9 Å². The quantitative estimate of drug-likeness (QED) is 0.627. The van der Waals surface area contributed by atoms with Crippen LogP contribution in [0.2, 0.25) is 0 Å². The molecule has 2 aromatic carbocycles. The number of nitrogens with zero attached hydrogens (tertiary/aromatic N) is 2. The summed E-state index contributed by atoms with van der Waals surface area (Å²) in [6, 6.07) is 14.9. The molecule has 1 aliphatic heterocycles. The van der Waals surface area contributed by atoms with Gasteiger partial charge in [-0.05, 0) is 54.9 Å². The van der Waals surface area contributed by atoms with E-state index >= 15 is 0 Å². The monoisotopic (exact) mass is 456 g/mol. The molecule has 0 N–H and O–H groups in total. The first kappa shape index (κ1) is 22.8. The minimum absolute atomic E-state index is 0.0719. The van der Waals surface area contributed by atoms with Gasteiger partial charge in [0.1, 0.15) is 10.6 Å². The van der Waals surface area contributed by atoms with Crippen molar-refractivity contribution in [3.8, 4) is 5.75 Å². The summed E-state index contributed by atoms with van der Waals surface area (Å²) in [6.45, 7) is 5.63. The highest BCUT2D eigenvalue weighted by molar-refractivity contribution is 7.89. The van der Waals surface area contributed by atoms with Crippen LogP contribution in [0.25, 0.3) is 0 Å². The molecule has 172 valence electrons. The molecule has 2 fully saturated rings. The third kappa shape index (κ3) is 4.84. The van der Waals surface area contributed by atoms with E-state index in [0.29, 0.717) is 37.0 Å². The lowest BCUT2D eigenvalue weighted by Gasteiger charge is -2.34. The molecule has 1 saturated carbocycles. The van der Waals surface area contributed by atoms with Crippen molar-refractivity contribution in [2.45, 2.75) is 50.6 Å². The maximum atomic E-state index is 13.6. The number of amides is 1. The normalized spacial score (nSPS) is 21.8. The number of benzene rings is 2. The summed E-state index contributed by atoms with van der Waals surface area (Å²) < 4.78 is 34.1. The molecular weight excluding hydrogens is 424 g/mol. The summed E-state index contributed by atoms with van der Waals surface area (Å²) in [5.74, 6) is 0.713. The number of ether oxygens (including phenoxy) is 1. The zero-order valence-electron chi connectivity index (χ0n) is 19.0. The molecule has 2 aliphatic rings. The van der Waals surface area contributed by atoms with Crippen LogP contribution in [0.4, 0.5) is 0 Å². The molecule has 1 saturated heterocycles. The van der Waals surface area contributed by atoms with Gasteiger partial charge in [-0.15, -0.1) is 0 Å². The summed E-state index contributed by atoms with van der Waals surface area (Å²) in [5.41, 5.74) is 1.44. The highest BCUT2D eigenvalue weighted by atomic mass is 32.2. The fraction of sp³-hybridized carbons (Fsp3) is 0.480. The molecule has 1 aliphatic carbocycles. The van der Waals surface area contributed by atoms with E-state index in [1.165, 1.54) is 13.2 Å². The molecule has 4 rings (SSSR count). The largest absolute Gasteiger partial charge is 0.495 e. The maximum absolute atomic E-state index is 13.6. The second-order valence-corrected chi connectivity index (χ2v) is 11.2. The third-order valence-corrected chi connectivity index (χ3v) is 8.16. The van der Waals surface area contributed by atoms with Gasteiger partial charge < -0.3 is 9.64 Å². The number of carbonyl (C=O) groups is 1. The molecule has 0 unspecified atom stereocenters. The van der Waals surface area contributed by atoms with Crippen LogP contribution in [0.15, 0.2) is 53.4 Å². The smallest absolute Gasteiger partial charge is 0.254 e. The van der Waals surface area contributed by atoms with Crippen LogP contribution in [0.5, 0.6) is 5.75 Å². The molecule has 6 nitrogen and oxygen atoms in total. The Labute approximate surface area is 191 Å². The fourth-order valence-corrected chi connectivity index (χ4v) is 6.51. The van der Waals surface area contributed by atoms with Gasteiger partial charge in [-0.2, -0.15) is 4.31 Å². The molecule has 0 radical (unpaired) electrons. The van der Waals surface area contributed by atoms with Crippen LogP contribution >= 0.6 is 0 Å². The molecule has 32 heavy (non-hydrogen) atoms. The lowest BCUT2D eigenvalue weighted by molar-refractivity contribution is 0.0729. The predicted octanol–water partition coefficient (Wildman–Crippen LogP) is 4.17. The van der Waals surface area contributed by atoms with E-state index < -0.39 is 10.0 Å². The number of sulfonamides is 1. The predicted molar refractivity (Wildman–Crippen MR) is 124 cm³/mol. The molecule has 1 heterocycles. The first-order valence-corrected chi connectivity index (χ1v) is 12.8. The van der Waals surface area contributed by atoms with Gasteiger partial charge in [-0.1, -0.05) is 44.2 Å². The minimum Gasteiger partial charge on any atom is -0.495 e. The van der Waals surface area contributed by atoms with Crippen molar-refractivity contribution in [1.29, 1.82) is 0 Å². The van der Waals surface area contributed by atoms with Gasteiger partial charge in [0.15, 0.2) is 0 Å². The van der Waals surface area contributed by atoms with Gasteiger partial charge in [-0.3, -0.25) is 4.79 Å². The van der Waals surface area contributed by atoms with Crippen molar-refractivity contribution in [2.75, 3.05) is 20.2 Å². The number of carbonyl (C=O) groups excluding carboxylic acids is 1. The highest BCUT2D eigenvalue weighted by Crippen LogP contribution is 2.34. The summed E-state index contributed by atoms with van der Waals surface area (Å²) in [5, 5.41) is 0. The van der Waals surface area contributed by atoms with Crippen LogP contribution in [0.3, 0.4) is 0 Å². The van der Waals surface area contributed by atoms with E-state index in [1.54, 1.807) is 16.4 Å². The van der Waals surface area contributed by atoms with Crippen molar-refractivity contribution in [3.05, 3.63) is 59.7 Å². The Hall–Kier alpha value is -2.38. The van der Waals surface area contributed by atoms with Gasteiger partial charge in [0.25, 0.3) is 5.91 Å². The standard InChI is InChI=1S/C25H32N2O4S/c1-18-13-19(2)16-26(15-18)32(29,30)24-14-21(9-12-23(24)31-3)25(28)27(22-10-11-22)17-20-7-5-4-6-8-20/h4-9,12,14,18-19,22H,10-11,13,15-17H2,1-3H3/t18-,19-/m1/s1. The maximum Gasteiger partial charge on any atom is 0.254 e. The van der Waals surface area contributed by atoms with E-state index in [9.17, 15) is 13.2 Å². The Morgan fingerprint density at radius 1 is 1.06 bits per heavy atom. The third-order valence-electron chi connectivity index (χ3n) is 6.31. The molecule has 2 atom stereocenters. The molecule has 1 amide bonds. The van der Waals surface area contributed by atoms with E-state index in [2.05, 4.69) is 13.8 Å². The van der Waals surface area contributed by atoms with E-state index in [1.807, 2.05) is 35.2 Å². The van der Waals surface area contributed by atoms with Crippen molar-refractivity contribution in [1.82, 2.24) is 9.21 Å². The van der Waals surface area contributed by atoms with Crippen LogP contribution < -0.4 is 4.74 Å². The van der Waals surface area contributed by atoms with Crippen molar-refractivity contribution in [3.63, 3.8) is 0 Å². The topological polar surface area (TPSA) is 66.9 Å². The molecule has 0 bridgehead atoms. The van der Waals surface area contributed by atoms with E-state index in [0.717, 1.165) is 24.8 Å². The first-order valence-electron chi connectivity index (χ1n) is 11.3. The summed E-state index contributed by atoms with van der Waals surface area (Å²) in [7, 11) is -2.32. The number of hydrogen-bond donors (Lipinski definition) is 0. The summed E-state index contributed by atoms with van der Waals surface area (Å²) in [6.07, 6.45) is 2.96. The number of rotatable bonds is 7. The summed E-state index contributed by atoms with van der Waals surface area (Å²) in [4.78, 5) is 15.4. The van der Waals surface area contributed by atoms with Crippen LogP contribution in [0, 0.1) is 11.8 Å². The number of piperidine rings is 1. The lowest BCUT2D eigenvalue weighted by Crippen LogP contribution is -2.42. The minimum atomic E-state index is -3.78.